The van der Waals surface area contributed by atoms with Gasteiger partial charge in [0, 0.05) is 31.7 Å². The van der Waals surface area contributed by atoms with Crippen LogP contribution < -0.4 is 5.32 Å². The van der Waals surface area contributed by atoms with Crippen LogP contribution in [0.1, 0.15) is 6.42 Å². The molecule has 2 aromatic heterocycles. The summed E-state index contributed by atoms with van der Waals surface area (Å²) in [5.41, 5.74) is 0. The van der Waals surface area contributed by atoms with E-state index in [-0.39, 0.29) is 0 Å². The Morgan fingerprint density at radius 3 is 2.94 bits per heavy atom. The summed E-state index contributed by atoms with van der Waals surface area (Å²) in [6, 6.07) is 1.67. The standard InChI is InChI=1S/C11H12Cl2N4/c12-9-6-10(13)11(16-7-9)15-2-1-4-17-5-3-14-8-17/h3,5-8H,1-2,4H2,(H,15,16). The third-order valence-electron chi connectivity index (χ3n) is 2.25. The van der Waals surface area contributed by atoms with E-state index in [0.29, 0.717) is 15.9 Å². The normalized spacial score (nSPS) is 10.5. The minimum Gasteiger partial charge on any atom is -0.369 e. The Balaban J connectivity index is 1.78. The van der Waals surface area contributed by atoms with Crippen molar-refractivity contribution in [3.63, 3.8) is 0 Å². The average molecular weight is 271 g/mol. The van der Waals surface area contributed by atoms with Crippen molar-refractivity contribution in [3.8, 4) is 0 Å². The van der Waals surface area contributed by atoms with Crippen LogP contribution in [0.5, 0.6) is 0 Å². The number of aromatic nitrogens is 3. The Hall–Kier alpha value is -1.26. The average Bonchev–Trinajstić information content (AvgIpc) is 2.79. The summed E-state index contributed by atoms with van der Waals surface area (Å²) in [5.74, 6) is 0.668. The van der Waals surface area contributed by atoms with Crippen LogP contribution in [0.15, 0.2) is 31.0 Å². The summed E-state index contributed by atoms with van der Waals surface area (Å²) < 4.78 is 2.03. The highest BCUT2D eigenvalue weighted by Crippen LogP contribution is 2.22. The molecule has 0 aromatic carbocycles. The van der Waals surface area contributed by atoms with Crippen molar-refractivity contribution in [2.24, 2.45) is 0 Å². The minimum atomic E-state index is 0.541. The van der Waals surface area contributed by atoms with Gasteiger partial charge >= 0.3 is 0 Å². The largest absolute Gasteiger partial charge is 0.369 e. The Morgan fingerprint density at radius 2 is 2.24 bits per heavy atom. The molecule has 6 heteroatoms. The van der Waals surface area contributed by atoms with Crippen molar-refractivity contribution < 1.29 is 0 Å². The number of hydrogen-bond acceptors (Lipinski definition) is 3. The smallest absolute Gasteiger partial charge is 0.144 e. The van der Waals surface area contributed by atoms with E-state index in [4.69, 9.17) is 23.2 Å². The highest BCUT2D eigenvalue weighted by molar-refractivity contribution is 6.35. The fourth-order valence-electron chi connectivity index (χ4n) is 1.43. The Labute approximate surface area is 110 Å². The molecular weight excluding hydrogens is 259 g/mol. The minimum absolute atomic E-state index is 0.541. The first-order valence-electron chi connectivity index (χ1n) is 5.26. The molecule has 0 amide bonds. The molecule has 1 N–H and O–H groups in total. The molecular formula is C11H12Cl2N4. The summed E-state index contributed by atoms with van der Waals surface area (Å²) in [7, 11) is 0. The molecule has 0 radical (unpaired) electrons. The van der Waals surface area contributed by atoms with Gasteiger partial charge in [-0.3, -0.25) is 0 Å². The van der Waals surface area contributed by atoms with Gasteiger partial charge < -0.3 is 9.88 Å². The van der Waals surface area contributed by atoms with Gasteiger partial charge in [0.2, 0.25) is 0 Å². The number of anilines is 1. The molecule has 0 bridgehead atoms. The maximum Gasteiger partial charge on any atom is 0.144 e. The maximum atomic E-state index is 5.98. The summed E-state index contributed by atoms with van der Waals surface area (Å²) in [6.45, 7) is 1.71. The van der Waals surface area contributed by atoms with E-state index in [2.05, 4.69) is 15.3 Å². The van der Waals surface area contributed by atoms with Gasteiger partial charge in [0.15, 0.2) is 0 Å². The number of nitrogens with zero attached hydrogens (tertiary/aromatic N) is 3. The second-order valence-corrected chi connectivity index (χ2v) is 4.41. The first kappa shape index (κ1) is 12.2. The predicted molar refractivity (Wildman–Crippen MR) is 69.6 cm³/mol. The van der Waals surface area contributed by atoms with E-state index in [1.165, 1.54) is 0 Å². The zero-order chi connectivity index (χ0) is 12.1. The molecule has 0 aliphatic heterocycles. The van der Waals surface area contributed by atoms with Crippen molar-refractivity contribution in [2.75, 3.05) is 11.9 Å². The van der Waals surface area contributed by atoms with Gasteiger partial charge in [-0.2, -0.15) is 0 Å². The van der Waals surface area contributed by atoms with Crippen molar-refractivity contribution in [2.45, 2.75) is 13.0 Å². The molecule has 0 aliphatic carbocycles. The molecule has 0 saturated heterocycles. The fraction of sp³-hybridized carbons (Fsp3) is 0.273. The second-order valence-electron chi connectivity index (χ2n) is 3.56. The summed E-state index contributed by atoms with van der Waals surface area (Å²) in [6.07, 6.45) is 8.05. The van der Waals surface area contributed by atoms with Crippen molar-refractivity contribution >= 4 is 29.0 Å². The van der Waals surface area contributed by atoms with Crippen molar-refractivity contribution in [1.82, 2.24) is 14.5 Å². The summed E-state index contributed by atoms with van der Waals surface area (Å²) in [5, 5.41) is 4.25. The predicted octanol–water partition coefficient (Wildman–Crippen LogP) is 3.09. The number of rotatable bonds is 5. The Kier molecular flexibility index (Phi) is 4.23. The highest BCUT2D eigenvalue weighted by Gasteiger charge is 2.01. The number of halogens is 2. The zero-order valence-corrected chi connectivity index (χ0v) is 10.6. The van der Waals surface area contributed by atoms with Crippen molar-refractivity contribution in [1.29, 1.82) is 0 Å². The van der Waals surface area contributed by atoms with Crippen LogP contribution in [0.4, 0.5) is 5.82 Å². The van der Waals surface area contributed by atoms with Gasteiger partial charge in [-0.1, -0.05) is 23.2 Å². The molecule has 0 fully saturated rings. The van der Waals surface area contributed by atoms with Crippen LogP contribution in [0.25, 0.3) is 0 Å². The molecule has 17 heavy (non-hydrogen) atoms. The molecule has 2 aromatic rings. The Bertz CT molecular complexity index is 470. The second kappa shape index (κ2) is 5.89. The van der Waals surface area contributed by atoms with E-state index in [9.17, 15) is 0 Å². The van der Waals surface area contributed by atoms with Gasteiger partial charge in [0.25, 0.3) is 0 Å². The van der Waals surface area contributed by atoms with Gasteiger partial charge in [0.05, 0.1) is 16.4 Å². The molecule has 0 spiro atoms. The van der Waals surface area contributed by atoms with Gasteiger partial charge in [-0.25, -0.2) is 9.97 Å². The molecule has 2 rings (SSSR count). The van der Waals surface area contributed by atoms with Crippen LogP contribution in [-0.2, 0) is 6.54 Å². The monoisotopic (exact) mass is 270 g/mol. The third kappa shape index (κ3) is 3.61. The first-order valence-corrected chi connectivity index (χ1v) is 6.02. The lowest BCUT2D eigenvalue weighted by Crippen LogP contribution is -2.07. The van der Waals surface area contributed by atoms with E-state index in [0.717, 1.165) is 19.5 Å². The van der Waals surface area contributed by atoms with Gasteiger partial charge in [0.1, 0.15) is 5.82 Å². The third-order valence-corrected chi connectivity index (χ3v) is 2.75. The molecule has 0 unspecified atom stereocenters. The number of imidazole rings is 1. The number of aryl methyl sites for hydroxylation is 1. The van der Waals surface area contributed by atoms with Gasteiger partial charge in [-0.15, -0.1) is 0 Å². The SMILES string of the molecule is Clc1cnc(NCCCn2ccnc2)c(Cl)c1. The van der Waals surface area contributed by atoms with E-state index < -0.39 is 0 Å². The van der Waals surface area contributed by atoms with Crippen LogP contribution in [0.2, 0.25) is 10.0 Å². The number of nitrogens with one attached hydrogen (secondary N) is 1. The van der Waals surface area contributed by atoms with Crippen LogP contribution in [0, 0.1) is 0 Å². The molecule has 0 saturated carbocycles. The first-order chi connectivity index (χ1) is 8.25. The highest BCUT2D eigenvalue weighted by atomic mass is 35.5. The lowest BCUT2D eigenvalue weighted by atomic mass is 10.4. The molecule has 0 atom stereocenters. The summed E-state index contributed by atoms with van der Waals surface area (Å²) >= 11 is 11.7. The van der Waals surface area contributed by atoms with E-state index in [1.54, 1.807) is 24.8 Å². The van der Waals surface area contributed by atoms with Crippen LogP contribution in [-0.4, -0.2) is 21.1 Å². The van der Waals surface area contributed by atoms with Crippen LogP contribution in [0.3, 0.4) is 0 Å². The lowest BCUT2D eigenvalue weighted by molar-refractivity contribution is 0.660. The van der Waals surface area contributed by atoms with E-state index in [1.807, 2.05) is 10.8 Å². The topological polar surface area (TPSA) is 42.7 Å². The van der Waals surface area contributed by atoms with Gasteiger partial charge in [-0.05, 0) is 12.5 Å². The van der Waals surface area contributed by atoms with Crippen LogP contribution >= 0.6 is 23.2 Å². The van der Waals surface area contributed by atoms with Crippen molar-refractivity contribution in [3.05, 3.63) is 41.0 Å². The lowest BCUT2D eigenvalue weighted by Gasteiger charge is -2.07. The number of hydrogen-bond donors (Lipinski definition) is 1. The molecule has 0 aliphatic rings. The van der Waals surface area contributed by atoms with E-state index >= 15 is 0 Å². The maximum absolute atomic E-state index is 5.98. The molecule has 4 nitrogen and oxygen atoms in total. The molecule has 2 heterocycles. The fourth-order valence-corrected chi connectivity index (χ4v) is 1.88. The number of pyridine rings is 1. The Morgan fingerprint density at radius 1 is 1.35 bits per heavy atom. The quantitative estimate of drug-likeness (QED) is 0.850. The zero-order valence-electron chi connectivity index (χ0n) is 9.11. The molecule has 90 valence electrons. The summed E-state index contributed by atoms with van der Waals surface area (Å²) in [4.78, 5) is 8.10.